The number of piperidine rings is 1. The van der Waals surface area contributed by atoms with E-state index >= 15 is 0 Å². The molecule has 0 saturated carbocycles. The minimum absolute atomic E-state index is 0.0260. The Morgan fingerprint density at radius 3 is 2.50 bits per heavy atom. The molecule has 0 spiro atoms. The fraction of sp³-hybridized carbons (Fsp3) is 0.391. The van der Waals surface area contributed by atoms with Crippen molar-refractivity contribution in [1.82, 2.24) is 4.90 Å². The molecule has 3 rings (SSSR count). The molecule has 2 aromatic rings. The summed E-state index contributed by atoms with van der Waals surface area (Å²) in [6.45, 7) is 3.51. The van der Waals surface area contributed by atoms with E-state index in [4.69, 9.17) is 0 Å². The van der Waals surface area contributed by atoms with Crippen LogP contribution in [-0.2, 0) is 4.79 Å². The van der Waals surface area contributed by atoms with Crippen molar-refractivity contribution < 1.29 is 23.1 Å². The fourth-order valence-corrected chi connectivity index (χ4v) is 3.86. The molecule has 0 radical (unpaired) electrons. The number of halogens is 2. The Morgan fingerprint density at radius 1 is 1.13 bits per heavy atom. The molecule has 2 amide bonds. The van der Waals surface area contributed by atoms with Crippen molar-refractivity contribution in [2.24, 2.45) is 5.92 Å². The van der Waals surface area contributed by atoms with E-state index in [0.717, 1.165) is 17.5 Å². The summed E-state index contributed by atoms with van der Waals surface area (Å²) in [5.41, 5.74) is 3.53. The molecular formula is C23H26F2N2O3. The molecule has 1 N–H and O–H groups in total. The van der Waals surface area contributed by atoms with E-state index in [1.807, 2.05) is 32.0 Å². The van der Waals surface area contributed by atoms with Gasteiger partial charge in [0.25, 0.3) is 5.91 Å². The number of anilines is 1. The second-order valence-corrected chi connectivity index (χ2v) is 7.76. The van der Waals surface area contributed by atoms with Crippen molar-refractivity contribution >= 4 is 17.5 Å². The molecule has 1 fully saturated rings. The highest BCUT2D eigenvalue weighted by molar-refractivity contribution is 5.97. The van der Waals surface area contributed by atoms with Crippen LogP contribution in [0.15, 0.2) is 36.4 Å². The molecule has 5 nitrogen and oxygen atoms in total. The summed E-state index contributed by atoms with van der Waals surface area (Å²) < 4.78 is 29.6. The molecular weight excluding hydrogens is 390 g/mol. The monoisotopic (exact) mass is 416 g/mol. The predicted molar refractivity (Wildman–Crippen MR) is 111 cm³/mol. The van der Waals surface area contributed by atoms with Gasteiger partial charge < -0.3 is 15.0 Å². The zero-order chi connectivity index (χ0) is 21.8. The predicted octanol–water partition coefficient (Wildman–Crippen LogP) is 4.70. The quantitative estimate of drug-likeness (QED) is 0.768. The Labute approximate surface area is 175 Å². The Morgan fingerprint density at radius 2 is 1.83 bits per heavy atom. The Bertz CT molecular complexity index is 926. The zero-order valence-electron chi connectivity index (χ0n) is 17.4. The van der Waals surface area contributed by atoms with E-state index in [-0.39, 0.29) is 23.5 Å². The standard InChI is InChI=1S/C23H26F2N2O3/c1-14-10-15(2)12-18(11-14)22(29)27-9-5-6-17(13-27)21(28)26-19-7-4-8-20(16(19)3)30-23(24)25/h4,7-8,10-12,17,23H,5-6,9,13H2,1-3H3,(H,26,28). The smallest absolute Gasteiger partial charge is 0.387 e. The summed E-state index contributed by atoms with van der Waals surface area (Å²) in [5.74, 6) is -0.654. The van der Waals surface area contributed by atoms with Crippen molar-refractivity contribution in [3.8, 4) is 5.75 Å². The third kappa shape index (κ3) is 5.14. The minimum atomic E-state index is -2.93. The van der Waals surface area contributed by atoms with E-state index in [9.17, 15) is 18.4 Å². The summed E-state index contributed by atoms with van der Waals surface area (Å²) >= 11 is 0. The normalized spacial score (nSPS) is 16.5. The van der Waals surface area contributed by atoms with Crippen LogP contribution in [0.1, 0.15) is 39.9 Å². The molecule has 0 aliphatic carbocycles. The summed E-state index contributed by atoms with van der Waals surface area (Å²) in [6, 6.07) is 10.4. The van der Waals surface area contributed by atoms with E-state index in [0.29, 0.717) is 36.3 Å². The number of benzene rings is 2. The summed E-state index contributed by atoms with van der Waals surface area (Å²) in [7, 11) is 0. The third-order valence-corrected chi connectivity index (χ3v) is 5.31. The van der Waals surface area contributed by atoms with Crippen molar-refractivity contribution in [2.45, 2.75) is 40.2 Å². The van der Waals surface area contributed by atoms with Crippen LogP contribution in [0.2, 0.25) is 0 Å². The molecule has 1 unspecified atom stereocenters. The number of ether oxygens (including phenoxy) is 1. The molecule has 1 atom stereocenters. The second-order valence-electron chi connectivity index (χ2n) is 7.76. The van der Waals surface area contributed by atoms with E-state index < -0.39 is 6.61 Å². The van der Waals surface area contributed by atoms with Crippen LogP contribution in [0.25, 0.3) is 0 Å². The van der Waals surface area contributed by atoms with Gasteiger partial charge in [0.05, 0.1) is 5.92 Å². The SMILES string of the molecule is Cc1cc(C)cc(C(=O)N2CCCC(C(=O)Nc3cccc(OC(F)F)c3C)C2)c1. The maximum absolute atomic E-state index is 12.9. The molecule has 1 heterocycles. The lowest BCUT2D eigenvalue weighted by molar-refractivity contribution is -0.121. The van der Waals surface area contributed by atoms with Crippen LogP contribution in [-0.4, -0.2) is 36.4 Å². The average Bonchev–Trinajstić information content (AvgIpc) is 2.69. The molecule has 0 bridgehead atoms. The van der Waals surface area contributed by atoms with E-state index in [2.05, 4.69) is 10.1 Å². The molecule has 160 valence electrons. The van der Waals surface area contributed by atoms with Gasteiger partial charge in [-0.25, -0.2) is 0 Å². The fourth-order valence-electron chi connectivity index (χ4n) is 3.86. The molecule has 1 aliphatic rings. The van der Waals surface area contributed by atoms with Gasteiger partial charge in [-0.2, -0.15) is 8.78 Å². The first kappa shape index (κ1) is 21.7. The van der Waals surface area contributed by atoms with Crippen molar-refractivity contribution in [2.75, 3.05) is 18.4 Å². The minimum Gasteiger partial charge on any atom is -0.434 e. The maximum atomic E-state index is 12.9. The van der Waals surface area contributed by atoms with Crippen LogP contribution in [0, 0.1) is 26.7 Å². The number of hydrogen-bond donors (Lipinski definition) is 1. The van der Waals surface area contributed by atoms with Gasteiger partial charge in [-0.1, -0.05) is 23.3 Å². The number of rotatable bonds is 5. The van der Waals surface area contributed by atoms with Gasteiger partial charge in [-0.3, -0.25) is 9.59 Å². The second kappa shape index (κ2) is 9.24. The van der Waals surface area contributed by atoms with Crippen molar-refractivity contribution in [3.05, 3.63) is 58.7 Å². The third-order valence-electron chi connectivity index (χ3n) is 5.31. The van der Waals surface area contributed by atoms with Gasteiger partial charge in [-0.05, 0) is 57.9 Å². The number of hydrogen-bond acceptors (Lipinski definition) is 3. The topological polar surface area (TPSA) is 58.6 Å². The van der Waals surface area contributed by atoms with Crippen molar-refractivity contribution in [3.63, 3.8) is 0 Å². The first-order chi connectivity index (χ1) is 14.2. The summed E-state index contributed by atoms with van der Waals surface area (Å²) in [6.07, 6.45) is 1.39. The van der Waals surface area contributed by atoms with Crippen LogP contribution in [0.5, 0.6) is 5.75 Å². The Kier molecular flexibility index (Phi) is 6.70. The molecule has 2 aromatic carbocycles. The lowest BCUT2D eigenvalue weighted by Gasteiger charge is -2.32. The highest BCUT2D eigenvalue weighted by atomic mass is 19.3. The highest BCUT2D eigenvalue weighted by Gasteiger charge is 2.29. The number of aryl methyl sites for hydroxylation is 2. The molecule has 0 aromatic heterocycles. The van der Waals surface area contributed by atoms with Crippen LogP contribution in [0.3, 0.4) is 0 Å². The average molecular weight is 416 g/mol. The largest absolute Gasteiger partial charge is 0.434 e. The first-order valence-corrected chi connectivity index (χ1v) is 9.97. The van der Waals surface area contributed by atoms with Crippen LogP contribution in [0.4, 0.5) is 14.5 Å². The molecule has 30 heavy (non-hydrogen) atoms. The van der Waals surface area contributed by atoms with E-state index in [1.165, 1.54) is 6.07 Å². The van der Waals surface area contributed by atoms with Gasteiger partial charge in [-0.15, -0.1) is 0 Å². The number of likely N-dealkylation sites (tertiary alicyclic amines) is 1. The first-order valence-electron chi connectivity index (χ1n) is 9.97. The van der Waals surface area contributed by atoms with Gasteiger partial charge >= 0.3 is 6.61 Å². The maximum Gasteiger partial charge on any atom is 0.387 e. The van der Waals surface area contributed by atoms with Crippen LogP contribution >= 0.6 is 0 Å². The van der Waals surface area contributed by atoms with Gasteiger partial charge in [0.1, 0.15) is 5.75 Å². The number of carbonyl (C=O) groups is 2. The summed E-state index contributed by atoms with van der Waals surface area (Å²) in [5, 5.41) is 2.81. The summed E-state index contributed by atoms with van der Waals surface area (Å²) in [4.78, 5) is 27.5. The molecule has 1 aliphatic heterocycles. The van der Waals surface area contributed by atoms with Crippen molar-refractivity contribution in [1.29, 1.82) is 0 Å². The number of nitrogens with zero attached hydrogens (tertiary/aromatic N) is 1. The number of amides is 2. The van der Waals surface area contributed by atoms with Crippen LogP contribution < -0.4 is 10.1 Å². The lowest BCUT2D eigenvalue weighted by Crippen LogP contribution is -2.43. The van der Waals surface area contributed by atoms with Gasteiger partial charge in [0.15, 0.2) is 0 Å². The Balaban J connectivity index is 1.69. The van der Waals surface area contributed by atoms with Gasteiger partial charge in [0.2, 0.25) is 5.91 Å². The number of nitrogens with one attached hydrogen (secondary N) is 1. The lowest BCUT2D eigenvalue weighted by atomic mass is 9.95. The number of alkyl halides is 2. The Hall–Kier alpha value is -2.96. The highest BCUT2D eigenvalue weighted by Crippen LogP contribution is 2.28. The molecule has 7 heteroatoms. The zero-order valence-corrected chi connectivity index (χ0v) is 17.4. The molecule has 1 saturated heterocycles. The van der Waals surface area contributed by atoms with E-state index in [1.54, 1.807) is 24.0 Å². The van der Waals surface area contributed by atoms with Gasteiger partial charge in [0, 0.05) is 29.9 Å². The number of carbonyl (C=O) groups excluding carboxylic acids is 2.